The molecule has 148 valence electrons. The minimum Gasteiger partial charge on any atom is -0.497 e. The maximum absolute atomic E-state index is 6.03. The second-order valence-corrected chi connectivity index (χ2v) is 7.10. The summed E-state index contributed by atoms with van der Waals surface area (Å²) in [7, 11) is 0. The van der Waals surface area contributed by atoms with Crippen molar-refractivity contribution in [3.8, 4) is 0 Å². The first-order valence-corrected chi connectivity index (χ1v) is 10.9. The summed E-state index contributed by atoms with van der Waals surface area (Å²) in [6, 6.07) is 10.3. The van der Waals surface area contributed by atoms with Gasteiger partial charge in [0.15, 0.2) is 5.76 Å². The van der Waals surface area contributed by atoms with Crippen LogP contribution >= 0.6 is 0 Å². The Morgan fingerprint density at radius 2 is 1.23 bits per heavy atom. The van der Waals surface area contributed by atoms with E-state index in [0.717, 1.165) is 37.4 Å². The number of ether oxygens (including phenoxy) is 2. The SMILES string of the molecule is CCCCCCCCOC=C(OCCCCCCCC)c1ccccc1. The molecule has 1 rings (SSSR count). The van der Waals surface area contributed by atoms with E-state index in [2.05, 4.69) is 26.0 Å². The molecule has 1 aromatic rings. The maximum Gasteiger partial charge on any atom is 0.160 e. The Bertz CT molecular complexity index is 439. The fourth-order valence-corrected chi connectivity index (χ4v) is 2.95. The Balaban J connectivity index is 2.28. The van der Waals surface area contributed by atoms with Crippen molar-refractivity contribution in [2.24, 2.45) is 0 Å². The smallest absolute Gasteiger partial charge is 0.160 e. The molecule has 2 heteroatoms. The maximum atomic E-state index is 6.03. The van der Waals surface area contributed by atoms with Gasteiger partial charge >= 0.3 is 0 Å². The quantitative estimate of drug-likeness (QED) is 0.209. The van der Waals surface area contributed by atoms with Crippen LogP contribution in [-0.2, 0) is 9.47 Å². The van der Waals surface area contributed by atoms with Crippen molar-refractivity contribution in [1.82, 2.24) is 0 Å². The molecule has 0 unspecified atom stereocenters. The third-order valence-corrected chi connectivity index (χ3v) is 4.62. The van der Waals surface area contributed by atoms with Crippen molar-refractivity contribution in [1.29, 1.82) is 0 Å². The minimum atomic E-state index is 0.771. The van der Waals surface area contributed by atoms with Gasteiger partial charge < -0.3 is 9.47 Å². The molecule has 0 radical (unpaired) electrons. The number of unbranched alkanes of at least 4 members (excludes halogenated alkanes) is 10. The molecule has 0 N–H and O–H groups in total. The molecule has 0 heterocycles. The Labute approximate surface area is 162 Å². The fourth-order valence-electron chi connectivity index (χ4n) is 2.95. The largest absolute Gasteiger partial charge is 0.497 e. The first-order chi connectivity index (χ1) is 12.9. The van der Waals surface area contributed by atoms with E-state index in [4.69, 9.17) is 9.47 Å². The highest BCUT2D eigenvalue weighted by Crippen LogP contribution is 2.17. The number of hydrogen-bond donors (Lipinski definition) is 0. The summed E-state index contributed by atoms with van der Waals surface area (Å²) < 4.78 is 11.8. The van der Waals surface area contributed by atoms with Crippen molar-refractivity contribution in [3.63, 3.8) is 0 Å². The average molecular weight is 361 g/mol. The van der Waals surface area contributed by atoms with Gasteiger partial charge in [0.1, 0.15) is 6.26 Å². The van der Waals surface area contributed by atoms with Crippen LogP contribution in [0.25, 0.3) is 5.76 Å². The van der Waals surface area contributed by atoms with E-state index in [1.807, 2.05) is 24.5 Å². The number of hydrogen-bond acceptors (Lipinski definition) is 2. The topological polar surface area (TPSA) is 18.5 Å². The summed E-state index contributed by atoms with van der Waals surface area (Å²) in [5, 5.41) is 0. The van der Waals surface area contributed by atoms with E-state index < -0.39 is 0 Å². The van der Waals surface area contributed by atoms with Gasteiger partial charge in [-0.1, -0.05) is 108 Å². The van der Waals surface area contributed by atoms with Gasteiger partial charge in [-0.15, -0.1) is 0 Å². The molecule has 1 aromatic carbocycles. The Morgan fingerprint density at radius 1 is 0.692 bits per heavy atom. The molecule has 0 aliphatic heterocycles. The Hall–Kier alpha value is -1.44. The number of rotatable bonds is 17. The molecule has 26 heavy (non-hydrogen) atoms. The fraction of sp³-hybridized carbons (Fsp3) is 0.667. The highest BCUT2D eigenvalue weighted by Gasteiger charge is 2.03. The van der Waals surface area contributed by atoms with E-state index in [1.165, 1.54) is 64.2 Å². The van der Waals surface area contributed by atoms with Gasteiger partial charge in [0, 0.05) is 5.56 Å². The second kappa shape index (κ2) is 17.0. The van der Waals surface area contributed by atoms with Gasteiger partial charge in [-0.25, -0.2) is 0 Å². The lowest BCUT2D eigenvalue weighted by Gasteiger charge is -2.11. The van der Waals surface area contributed by atoms with Crippen molar-refractivity contribution < 1.29 is 9.47 Å². The molecule has 0 fully saturated rings. The van der Waals surface area contributed by atoms with E-state index in [-0.39, 0.29) is 0 Å². The molecule has 0 saturated carbocycles. The van der Waals surface area contributed by atoms with Crippen LogP contribution in [0, 0.1) is 0 Å². The van der Waals surface area contributed by atoms with Crippen LogP contribution in [0.4, 0.5) is 0 Å². The van der Waals surface area contributed by atoms with Crippen LogP contribution in [-0.4, -0.2) is 13.2 Å². The zero-order valence-electron chi connectivity index (χ0n) is 17.2. The van der Waals surface area contributed by atoms with Crippen LogP contribution in [0.2, 0.25) is 0 Å². The van der Waals surface area contributed by atoms with Crippen LogP contribution in [0.15, 0.2) is 36.6 Å². The highest BCUT2D eigenvalue weighted by atomic mass is 16.5. The lowest BCUT2D eigenvalue weighted by atomic mass is 10.1. The van der Waals surface area contributed by atoms with Crippen molar-refractivity contribution in [2.75, 3.05) is 13.2 Å². The molecule has 0 aliphatic rings. The van der Waals surface area contributed by atoms with Gasteiger partial charge in [-0.3, -0.25) is 0 Å². The van der Waals surface area contributed by atoms with Crippen LogP contribution in [0.1, 0.15) is 96.5 Å². The van der Waals surface area contributed by atoms with Gasteiger partial charge in [0.2, 0.25) is 0 Å². The monoisotopic (exact) mass is 360 g/mol. The van der Waals surface area contributed by atoms with Crippen molar-refractivity contribution >= 4 is 5.76 Å². The third-order valence-electron chi connectivity index (χ3n) is 4.62. The summed E-state index contributed by atoms with van der Waals surface area (Å²) >= 11 is 0. The van der Waals surface area contributed by atoms with Crippen LogP contribution < -0.4 is 0 Å². The zero-order valence-corrected chi connectivity index (χ0v) is 17.2. The van der Waals surface area contributed by atoms with E-state index in [0.29, 0.717) is 0 Å². The van der Waals surface area contributed by atoms with Gasteiger partial charge in [-0.05, 0) is 12.8 Å². The standard InChI is InChI=1S/C24H40O2/c1-3-5-7-9-11-16-20-25-22-24(23-18-14-13-15-19-23)26-21-17-12-10-8-6-4-2/h13-15,18-19,22H,3-12,16-17,20-21H2,1-2H3. The van der Waals surface area contributed by atoms with Crippen molar-refractivity contribution in [2.45, 2.75) is 90.9 Å². The summed E-state index contributed by atoms with van der Waals surface area (Å²) in [5.74, 6) is 0.866. The molecular formula is C24H40O2. The minimum absolute atomic E-state index is 0.771. The molecule has 0 aromatic heterocycles. The molecule has 0 spiro atoms. The lowest BCUT2D eigenvalue weighted by Crippen LogP contribution is -1.97. The summed E-state index contributed by atoms with van der Waals surface area (Å²) in [4.78, 5) is 0. The van der Waals surface area contributed by atoms with Crippen LogP contribution in [0.5, 0.6) is 0 Å². The van der Waals surface area contributed by atoms with E-state index >= 15 is 0 Å². The highest BCUT2D eigenvalue weighted by molar-refractivity contribution is 5.58. The molecule has 0 atom stereocenters. The molecular weight excluding hydrogens is 320 g/mol. The average Bonchev–Trinajstić information content (AvgIpc) is 2.68. The van der Waals surface area contributed by atoms with E-state index in [9.17, 15) is 0 Å². The third kappa shape index (κ3) is 12.0. The zero-order chi connectivity index (χ0) is 18.7. The molecule has 2 nitrogen and oxygen atoms in total. The predicted octanol–water partition coefficient (Wildman–Crippen LogP) is 7.74. The first-order valence-electron chi connectivity index (χ1n) is 10.9. The van der Waals surface area contributed by atoms with Gasteiger partial charge in [-0.2, -0.15) is 0 Å². The van der Waals surface area contributed by atoms with Gasteiger partial charge in [0.25, 0.3) is 0 Å². The summed E-state index contributed by atoms with van der Waals surface area (Å²) in [6.07, 6.45) is 17.2. The van der Waals surface area contributed by atoms with E-state index in [1.54, 1.807) is 0 Å². The Morgan fingerprint density at radius 3 is 1.85 bits per heavy atom. The Kier molecular flexibility index (Phi) is 14.8. The molecule has 0 saturated heterocycles. The van der Waals surface area contributed by atoms with Gasteiger partial charge in [0.05, 0.1) is 13.2 Å². The second-order valence-electron chi connectivity index (χ2n) is 7.10. The molecule has 0 aliphatic carbocycles. The lowest BCUT2D eigenvalue weighted by molar-refractivity contribution is 0.214. The molecule has 0 bridgehead atoms. The summed E-state index contributed by atoms with van der Waals surface area (Å²) in [5.41, 5.74) is 1.10. The number of benzene rings is 1. The molecule has 0 amide bonds. The predicted molar refractivity (Wildman–Crippen MR) is 113 cm³/mol. The normalized spacial score (nSPS) is 11.5. The van der Waals surface area contributed by atoms with Crippen LogP contribution in [0.3, 0.4) is 0 Å². The van der Waals surface area contributed by atoms with Crippen molar-refractivity contribution in [3.05, 3.63) is 42.2 Å². The first kappa shape index (κ1) is 22.6. The summed E-state index contributed by atoms with van der Waals surface area (Å²) in [6.45, 7) is 6.06.